The zero-order valence-electron chi connectivity index (χ0n) is 20.2. The summed E-state index contributed by atoms with van der Waals surface area (Å²) in [6.45, 7) is 6.48. The molecule has 5 nitrogen and oxygen atoms in total. The van der Waals surface area contributed by atoms with Gasteiger partial charge in [-0.25, -0.2) is 0 Å². The van der Waals surface area contributed by atoms with Gasteiger partial charge in [-0.05, 0) is 91.2 Å². The van der Waals surface area contributed by atoms with Gasteiger partial charge in [0.15, 0.2) is 0 Å². The number of fused-ring (bicyclic) bond motifs is 5. The Labute approximate surface area is 197 Å². The van der Waals surface area contributed by atoms with Crippen molar-refractivity contribution in [3.63, 3.8) is 0 Å². The predicted octanol–water partition coefficient (Wildman–Crippen LogP) is 4.66. The topological polar surface area (TPSA) is 85.4 Å². The van der Waals surface area contributed by atoms with Crippen LogP contribution in [0.3, 0.4) is 0 Å². The first-order valence-electron chi connectivity index (χ1n) is 12.7. The van der Waals surface area contributed by atoms with E-state index in [1.54, 1.807) is 0 Å². The van der Waals surface area contributed by atoms with Gasteiger partial charge in [0.25, 0.3) is 0 Å². The molecule has 1 aromatic heterocycles. The summed E-state index contributed by atoms with van der Waals surface area (Å²) in [6.07, 6.45) is 15.3. The van der Waals surface area contributed by atoms with Crippen molar-refractivity contribution >= 4 is 11.5 Å². The zero-order valence-corrected chi connectivity index (χ0v) is 20.2. The molecule has 0 amide bonds. The van der Waals surface area contributed by atoms with Crippen molar-refractivity contribution < 1.29 is 14.6 Å². The van der Waals surface area contributed by atoms with Crippen LogP contribution >= 0.6 is 0 Å². The van der Waals surface area contributed by atoms with Crippen LogP contribution in [0.5, 0.6) is 0 Å². The molecule has 0 unspecified atom stereocenters. The maximum absolute atomic E-state index is 12.3. The Morgan fingerprint density at radius 3 is 2.70 bits per heavy atom. The molecule has 4 aliphatic rings. The van der Waals surface area contributed by atoms with Crippen molar-refractivity contribution in [1.29, 1.82) is 0 Å². The largest absolute Gasteiger partial charge is 0.461 e. The smallest absolute Gasteiger partial charge is 0.325 e. The van der Waals surface area contributed by atoms with Gasteiger partial charge in [-0.3, -0.25) is 9.78 Å². The highest BCUT2D eigenvalue weighted by atomic mass is 16.5. The molecule has 178 valence electrons. The van der Waals surface area contributed by atoms with Gasteiger partial charge in [-0.1, -0.05) is 37.6 Å². The number of pyridine rings is 1. The fourth-order valence-corrected chi connectivity index (χ4v) is 7.70. The van der Waals surface area contributed by atoms with Crippen molar-refractivity contribution in [3.8, 4) is 0 Å². The van der Waals surface area contributed by atoms with E-state index in [1.807, 2.05) is 12.4 Å². The number of carbonyl (C=O) groups is 1. The molecule has 2 saturated carbocycles. The zero-order chi connectivity index (χ0) is 23.4. The van der Waals surface area contributed by atoms with Gasteiger partial charge in [0.2, 0.25) is 0 Å². The van der Waals surface area contributed by atoms with Crippen LogP contribution in [0.2, 0.25) is 0 Å². The molecule has 8 atom stereocenters. The lowest BCUT2D eigenvalue weighted by Crippen LogP contribution is -2.50. The molecule has 0 radical (unpaired) electrons. The SMILES string of the molecule is C[C@H](O)[C@H](N)C(=O)O[C@@H]1CC[C@@]2(C)C(=CC[C@@H]3[C@@H]2CC[C@]2(C)C(c4cccnc4)=CC[C@@H]32)C1. The summed E-state index contributed by atoms with van der Waals surface area (Å²) < 4.78 is 5.71. The Hall–Kier alpha value is -1.98. The minimum atomic E-state index is -0.970. The summed E-state index contributed by atoms with van der Waals surface area (Å²) in [5, 5.41) is 9.62. The van der Waals surface area contributed by atoms with E-state index in [0.717, 1.165) is 25.7 Å². The third-order valence-electron chi connectivity index (χ3n) is 9.69. The Kier molecular flexibility index (Phi) is 5.77. The second-order valence-corrected chi connectivity index (χ2v) is 11.4. The van der Waals surface area contributed by atoms with Gasteiger partial charge in [-0.15, -0.1) is 0 Å². The van der Waals surface area contributed by atoms with Crippen LogP contribution in [-0.4, -0.2) is 34.3 Å². The first-order valence-corrected chi connectivity index (χ1v) is 12.7. The molecule has 1 aromatic rings. The number of esters is 1. The second-order valence-electron chi connectivity index (χ2n) is 11.4. The van der Waals surface area contributed by atoms with Crippen LogP contribution in [0, 0.1) is 28.6 Å². The van der Waals surface area contributed by atoms with E-state index < -0.39 is 18.1 Å². The molecule has 33 heavy (non-hydrogen) atoms. The number of hydrogen-bond donors (Lipinski definition) is 2. The molecular weight excluding hydrogens is 412 g/mol. The molecule has 0 aromatic carbocycles. The predicted molar refractivity (Wildman–Crippen MR) is 129 cm³/mol. The first-order chi connectivity index (χ1) is 15.7. The molecule has 5 rings (SSSR count). The van der Waals surface area contributed by atoms with E-state index in [2.05, 4.69) is 43.1 Å². The van der Waals surface area contributed by atoms with Crippen molar-refractivity contribution in [1.82, 2.24) is 4.98 Å². The summed E-state index contributed by atoms with van der Waals surface area (Å²) in [4.78, 5) is 16.7. The first kappa shape index (κ1) is 22.8. The Morgan fingerprint density at radius 1 is 1.18 bits per heavy atom. The van der Waals surface area contributed by atoms with Crippen LogP contribution in [0.4, 0.5) is 0 Å². The fraction of sp³-hybridized carbons (Fsp3) is 0.643. The van der Waals surface area contributed by atoms with Crippen LogP contribution in [0.15, 0.2) is 42.3 Å². The van der Waals surface area contributed by atoms with Gasteiger partial charge in [-0.2, -0.15) is 0 Å². The third kappa shape index (κ3) is 3.68. The molecule has 0 bridgehead atoms. The molecule has 4 aliphatic carbocycles. The van der Waals surface area contributed by atoms with E-state index in [1.165, 1.54) is 42.9 Å². The number of nitrogens with two attached hydrogens (primary N) is 1. The van der Waals surface area contributed by atoms with Crippen molar-refractivity contribution in [2.24, 2.45) is 34.3 Å². The number of nitrogens with zero attached hydrogens (tertiary/aromatic N) is 1. The van der Waals surface area contributed by atoms with E-state index in [0.29, 0.717) is 17.8 Å². The quantitative estimate of drug-likeness (QED) is 0.515. The number of aliphatic hydroxyl groups excluding tert-OH is 1. The molecule has 5 heteroatoms. The van der Waals surface area contributed by atoms with Crippen LogP contribution < -0.4 is 5.73 Å². The van der Waals surface area contributed by atoms with Crippen molar-refractivity contribution in [2.45, 2.75) is 84.0 Å². The molecule has 0 saturated heterocycles. The third-order valence-corrected chi connectivity index (χ3v) is 9.69. The summed E-state index contributed by atoms with van der Waals surface area (Å²) >= 11 is 0. The Balaban J connectivity index is 1.33. The van der Waals surface area contributed by atoms with E-state index >= 15 is 0 Å². The minimum Gasteiger partial charge on any atom is -0.461 e. The Bertz CT molecular complexity index is 971. The Morgan fingerprint density at radius 2 is 1.97 bits per heavy atom. The average Bonchev–Trinajstić information content (AvgIpc) is 3.16. The lowest BCUT2D eigenvalue weighted by Gasteiger charge is -2.57. The molecule has 2 fully saturated rings. The molecule has 0 spiro atoms. The van der Waals surface area contributed by atoms with E-state index in [4.69, 9.17) is 10.5 Å². The van der Waals surface area contributed by atoms with Crippen molar-refractivity contribution in [2.75, 3.05) is 0 Å². The molecular formula is C28H38N2O3. The minimum absolute atomic E-state index is 0.127. The monoisotopic (exact) mass is 450 g/mol. The number of aromatic nitrogens is 1. The van der Waals surface area contributed by atoms with Gasteiger partial charge in [0.05, 0.1) is 6.10 Å². The van der Waals surface area contributed by atoms with Crippen molar-refractivity contribution in [3.05, 3.63) is 47.8 Å². The number of aliphatic hydroxyl groups is 1. The molecule has 1 heterocycles. The summed E-state index contributed by atoms with van der Waals surface area (Å²) in [5.41, 5.74) is 10.5. The highest BCUT2D eigenvalue weighted by Gasteiger charge is 2.57. The number of allylic oxidation sites excluding steroid dienone is 3. The van der Waals surface area contributed by atoms with Crippen LogP contribution in [-0.2, 0) is 9.53 Å². The summed E-state index contributed by atoms with van der Waals surface area (Å²) in [6, 6.07) is 3.29. The summed E-state index contributed by atoms with van der Waals surface area (Å²) in [5.74, 6) is 1.58. The standard InChI is InChI=1S/C28H38N2O3/c1-17(31)25(29)26(32)33-20-10-12-27(2)19(15-20)6-7-21-23-9-8-22(18-5-4-14-30-16-18)28(23,3)13-11-24(21)27/h4-6,8,14,16-17,20-21,23-25,31H,7,9-13,15,29H2,1-3H3/t17-,20+,21-,23-,24-,25-,27-,28+/m0/s1. The van der Waals surface area contributed by atoms with Gasteiger partial charge >= 0.3 is 5.97 Å². The molecule has 3 N–H and O–H groups in total. The highest BCUT2D eigenvalue weighted by molar-refractivity contribution is 5.76. The highest BCUT2D eigenvalue weighted by Crippen LogP contribution is 2.66. The number of rotatable bonds is 4. The fourth-order valence-electron chi connectivity index (χ4n) is 7.70. The van der Waals surface area contributed by atoms with Gasteiger partial charge in [0.1, 0.15) is 12.1 Å². The number of carbonyl (C=O) groups excluding carboxylic acids is 1. The normalized spacial score (nSPS) is 39.3. The second kappa shape index (κ2) is 8.35. The maximum atomic E-state index is 12.3. The number of ether oxygens (including phenoxy) is 1. The van der Waals surface area contributed by atoms with Gasteiger partial charge < -0.3 is 15.6 Å². The molecule has 0 aliphatic heterocycles. The van der Waals surface area contributed by atoms with E-state index in [9.17, 15) is 9.90 Å². The van der Waals surface area contributed by atoms with E-state index in [-0.39, 0.29) is 16.9 Å². The summed E-state index contributed by atoms with van der Waals surface area (Å²) in [7, 11) is 0. The van der Waals surface area contributed by atoms with Crippen LogP contribution in [0.1, 0.15) is 71.3 Å². The average molecular weight is 451 g/mol. The number of hydrogen-bond acceptors (Lipinski definition) is 5. The lowest BCUT2D eigenvalue weighted by atomic mass is 9.47. The maximum Gasteiger partial charge on any atom is 0.325 e. The van der Waals surface area contributed by atoms with Crippen LogP contribution in [0.25, 0.3) is 5.57 Å². The lowest BCUT2D eigenvalue weighted by molar-refractivity contribution is -0.155. The van der Waals surface area contributed by atoms with Gasteiger partial charge in [0, 0.05) is 18.8 Å².